The minimum Gasteiger partial charge on any atom is -0.339 e. The van der Waals surface area contributed by atoms with Gasteiger partial charge in [-0.2, -0.15) is 18.3 Å². The molecular formula is C16H24F3N3O. The van der Waals surface area contributed by atoms with Gasteiger partial charge in [0.25, 0.3) is 5.91 Å². The van der Waals surface area contributed by atoms with Gasteiger partial charge in [0.05, 0.1) is 11.3 Å². The number of hydrogen-bond acceptors (Lipinski definition) is 2. The molecule has 0 unspecified atom stereocenters. The summed E-state index contributed by atoms with van der Waals surface area (Å²) in [7, 11) is 0. The van der Waals surface area contributed by atoms with Gasteiger partial charge in [0.15, 0.2) is 0 Å². The Kier molecular flexibility index (Phi) is 4.78. The minimum atomic E-state index is -4.34. The van der Waals surface area contributed by atoms with Crippen molar-refractivity contribution in [2.45, 2.75) is 53.3 Å². The molecule has 0 N–H and O–H groups in total. The third-order valence-electron chi connectivity index (χ3n) is 5.10. The lowest BCUT2D eigenvalue weighted by atomic mass is 9.72. The molecule has 1 aliphatic heterocycles. The van der Waals surface area contributed by atoms with Gasteiger partial charge in [-0.1, -0.05) is 20.8 Å². The van der Waals surface area contributed by atoms with E-state index in [0.29, 0.717) is 24.7 Å². The molecule has 2 rings (SSSR count). The molecule has 1 aromatic rings. The number of carbonyl (C=O) groups excluding carboxylic acids is 1. The first kappa shape index (κ1) is 17.8. The average molecular weight is 331 g/mol. The lowest BCUT2D eigenvalue weighted by Gasteiger charge is -2.42. The molecule has 7 heteroatoms. The normalized spacial score (nSPS) is 18.5. The molecule has 0 radical (unpaired) electrons. The van der Waals surface area contributed by atoms with Crippen molar-refractivity contribution in [2.75, 3.05) is 13.1 Å². The van der Waals surface area contributed by atoms with E-state index in [0.717, 1.165) is 17.5 Å². The molecule has 1 saturated heterocycles. The van der Waals surface area contributed by atoms with Crippen LogP contribution in [0.3, 0.4) is 0 Å². The van der Waals surface area contributed by atoms with E-state index in [2.05, 4.69) is 25.9 Å². The number of alkyl halides is 3. The van der Waals surface area contributed by atoms with Gasteiger partial charge in [0, 0.05) is 19.3 Å². The molecule has 2 heterocycles. The number of piperidine rings is 1. The SMILES string of the molecule is Cc1nn(CC(F)(F)F)cc1C(=O)N1CCC(C)(C(C)C)CC1. The Balaban J connectivity index is 2.07. The Morgan fingerprint density at radius 3 is 2.39 bits per heavy atom. The molecular weight excluding hydrogens is 307 g/mol. The van der Waals surface area contributed by atoms with Crippen molar-refractivity contribution in [3.63, 3.8) is 0 Å². The van der Waals surface area contributed by atoms with E-state index in [1.807, 2.05) is 0 Å². The first-order valence-electron chi connectivity index (χ1n) is 7.92. The van der Waals surface area contributed by atoms with E-state index in [1.54, 1.807) is 11.8 Å². The van der Waals surface area contributed by atoms with Crippen molar-refractivity contribution in [3.05, 3.63) is 17.5 Å². The first-order chi connectivity index (χ1) is 10.5. The van der Waals surface area contributed by atoms with Gasteiger partial charge in [-0.05, 0) is 31.1 Å². The highest BCUT2D eigenvalue weighted by Gasteiger charge is 2.35. The fraction of sp³-hybridized carbons (Fsp3) is 0.750. The van der Waals surface area contributed by atoms with Crippen molar-refractivity contribution < 1.29 is 18.0 Å². The van der Waals surface area contributed by atoms with Crippen LogP contribution in [0.5, 0.6) is 0 Å². The minimum absolute atomic E-state index is 0.215. The van der Waals surface area contributed by atoms with Gasteiger partial charge in [0.2, 0.25) is 0 Å². The number of aryl methyl sites for hydroxylation is 1. The summed E-state index contributed by atoms with van der Waals surface area (Å²) in [6.07, 6.45) is -1.32. The van der Waals surface area contributed by atoms with Gasteiger partial charge in [-0.15, -0.1) is 0 Å². The molecule has 0 aromatic carbocycles. The Morgan fingerprint density at radius 1 is 1.35 bits per heavy atom. The Hall–Kier alpha value is -1.53. The topological polar surface area (TPSA) is 38.1 Å². The Morgan fingerprint density at radius 2 is 1.91 bits per heavy atom. The zero-order chi connectivity index (χ0) is 17.4. The smallest absolute Gasteiger partial charge is 0.339 e. The number of amides is 1. The highest BCUT2D eigenvalue weighted by atomic mass is 19.4. The van der Waals surface area contributed by atoms with Gasteiger partial charge < -0.3 is 4.90 Å². The maximum absolute atomic E-state index is 12.6. The molecule has 1 aromatic heterocycles. The average Bonchev–Trinajstić information content (AvgIpc) is 2.77. The van der Waals surface area contributed by atoms with Gasteiger partial charge >= 0.3 is 6.18 Å². The van der Waals surface area contributed by atoms with Crippen LogP contribution in [-0.2, 0) is 6.54 Å². The molecule has 0 bridgehead atoms. The fourth-order valence-corrected chi connectivity index (χ4v) is 2.96. The second-order valence-electron chi connectivity index (χ2n) is 7.04. The maximum atomic E-state index is 12.6. The molecule has 0 spiro atoms. The summed E-state index contributed by atoms with van der Waals surface area (Å²) >= 11 is 0. The number of halogens is 3. The largest absolute Gasteiger partial charge is 0.408 e. The molecule has 130 valence electrons. The number of likely N-dealkylation sites (tertiary alicyclic amines) is 1. The van der Waals surface area contributed by atoms with Crippen molar-refractivity contribution in [1.82, 2.24) is 14.7 Å². The second-order valence-corrected chi connectivity index (χ2v) is 7.04. The lowest BCUT2D eigenvalue weighted by molar-refractivity contribution is -0.142. The van der Waals surface area contributed by atoms with Crippen LogP contribution in [0.4, 0.5) is 13.2 Å². The zero-order valence-corrected chi connectivity index (χ0v) is 14.1. The lowest BCUT2D eigenvalue weighted by Crippen LogP contribution is -2.44. The van der Waals surface area contributed by atoms with Crippen LogP contribution < -0.4 is 0 Å². The van der Waals surface area contributed by atoms with Gasteiger partial charge in [-0.3, -0.25) is 9.48 Å². The third kappa shape index (κ3) is 4.06. The van der Waals surface area contributed by atoms with Crippen LogP contribution >= 0.6 is 0 Å². The number of carbonyl (C=O) groups is 1. The molecule has 23 heavy (non-hydrogen) atoms. The molecule has 1 fully saturated rings. The van der Waals surface area contributed by atoms with Crippen LogP contribution in [-0.4, -0.2) is 39.9 Å². The number of nitrogens with zero attached hydrogens (tertiary/aromatic N) is 3. The third-order valence-corrected chi connectivity index (χ3v) is 5.10. The van der Waals surface area contributed by atoms with E-state index >= 15 is 0 Å². The van der Waals surface area contributed by atoms with E-state index in [1.165, 1.54) is 6.20 Å². The second kappa shape index (κ2) is 6.17. The summed E-state index contributed by atoms with van der Waals surface area (Å²) in [5.41, 5.74) is 0.825. The van der Waals surface area contributed by atoms with Crippen LogP contribution in [0.1, 0.15) is 49.7 Å². The van der Waals surface area contributed by atoms with Crippen LogP contribution in [0, 0.1) is 18.3 Å². The number of aromatic nitrogens is 2. The summed E-state index contributed by atoms with van der Waals surface area (Å²) in [6, 6.07) is 0. The van der Waals surface area contributed by atoms with E-state index < -0.39 is 12.7 Å². The van der Waals surface area contributed by atoms with Gasteiger partial charge in [-0.25, -0.2) is 0 Å². The Bertz CT molecular complexity index is 570. The van der Waals surface area contributed by atoms with Crippen molar-refractivity contribution in [1.29, 1.82) is 0 Å². The maximum Gasteiger partial charge on any atom is 0.408 e. The van der Waals surface area contributed by atoms with Crippen molar-refractivity contribution in [3.8, 4) is 0 Å². The fourth-order valence-electron chi connectivity index (χ4n) is 2.96. The number of rotatable bonds is 3. The summed E-state index contributed by atoms with van der Waals surface area (Å²) in [5.74, 6) is 0.317. The molecule has 0 aliphatic carbocycles. The summed E-state index contributed by atoms with van der Waals surface area (Å²) in [5, 5.41) is 3.82. The summed E-state index contributed by atoms with van der Waals surface area (Å²) in [6.45, 7) is 8.27. The predicted molar refractivity (Wildman–Crippen MR) is 81.1 cm³/mol. The van der Waals surface area contributed by atoms with Crippen molar-refractivity contribution in [2.24, 2.45) is 11.3 Å². The zero-order valence-electron chi connectivity index (χ0n) is 14.1. The molecule has 0 saturated carbocycles. The highest BCUT2D eigenvalue weighted by Crippen LogP contribution is 2.38. The highest BCUT2D eigenvalue weighted by molar-refractivity contribution is 5.95. The molecule has 1 amide bonds. The monoisotopic (exact) mass is 331 g/mol. The van der Waals surface area contributed by atoms with Crippen LogP contribution in [0.15, 0.2) is 6.20 Å². The van der Waals surface area contributed by atoms with Crippen molar-refractivity contribution >= 4 is 5.91 Å². The summed E-state index contributed by atoms with van der Waals surface area (Å²) in [4.78, 5) is 14.3. The summed E-state index contributed by atoms with van der Waals surface area (Å²) < 4.78 is 38.1. The Labute approximate surface area is 134 Å². The van der Waals surface area contributed by atoms with E-state index in [-0.39, 0.29) is 16.9 Å². The number of hydrogen-bond donors (Lipinski definition) is 0. The van der Waals surface area contributed by atoms with E-state index in [9.17, 15) is 18.0 Å². The van der Waals surface area contributed by atoms with Gasteiger partial charge in [0.1, 0.15) is 6.54 Å². The van der Waals surface area contributed by atoms with Crippen LogP contribution in [0.2, 0.25) is 0 Å². The first-order valence-corrected chi connectivity index (χ1v) is 7.92. The molecule has 4 nitrogen and oxygen atoms in total. The molecule has 0 atom stereocenters. The van der Waals surface area contributed by atoms with E-state index in [4.69, 9.17) is 0 Å². The van der Waals surface area contributed by atoms with Crippen LogP contribution in [0.25, 0.3) is 0 Å². The predicted octanol–water partition coefficient (Wildman–Crippen LogP) is 3.65. The molecule has 1 aliphatic rings. The quantitative estimate of drug-likeness (QED) is 0.848. The standard InChI is InChI=1S/C16H24F3N3O/c1-11(2)15(4)5-7-21(8-6-15)14(23)13-9-22(20-12(13)3)10-16(17,18)19/h9,11H,5-8,10H2,1-4H3.